The zero-order valence-corrected chi connectivity index (χ0v) is 11.7. The van der Waals surface area contributed by atoms with Crippen molar-refractivity contribution in [1.29, 1.82) is 0 Å². The minimum absolute atomic E-state index is 0.227. The normalized spacial score (nSPS) is 21.7. The first kappa shape index (κ1) is 14.5. The van der Waals surface area contributed by atoms with Crippen LogP contribution < -0.4 is 0 Å². The van der Waals surface area contributed by atoms with Crippen LogP contribution in [-0.2, 0) is 9.47 Å². The molecule has 2 atom stereocenters. The molecule has 1 aromatic carbocycles. The Hall–Kier alpha value is -0.940. The van der Waals surface area contributed by atoms with Crippen molar-refractivity contribution in [3.05, 3.63) is 35.4 Å². The van der Waals surface area contributed by atoms with Gasteiger partial charge in [-0.15, -0.1) is 0 Å². The van der Waals surface area contributed by atoms with Crippen LogP contribution in [0.1, 0.15) is 23.7 Å². The molecule has 1 N–H and O–H groups in total. The lowest BCUT2D eigenvalue weighted by atomic mass is 10.1. The van der Waals surface area contributed by atoms with E-state index < -0.39 is 6.10 Å². The molecule has 1 aliphatic rings. The summed E-state index contributed by atoms with van der Waals surface area (Å²) >= 11 is 0. The number of ether oxygens (including phenoxy) is 2. The molecule has 1 saturated heterocycles. The molecule has 1 heterocycles. The van der Waals surface area contributed by atoms with Gasteiger partial charge in [0, 0.05) is 26.7 Å². The second-order valence-electron chi connectivity index (χ2n) is 5.17. The van der Waals surface area contributed by atoms with Crippen LogP contribution in [0.15, 0.2) is 24.3 Å². The summed E-state index contributed by atoms with van der Waals surface area (Å²) < 4.78 is 10.5. The number of aliphatic hydroxyl groups excluding tert-OH is 1. The van der Waals surface area contributed by atoms with Gasteiger partial charge >= 0.3 is 0 Å². The van der Waals surface area contributed by atoms with Crippen LogP contribution in [0, 0.1) is 6.92 Å². The molecule has 0 radical (unpaired) electrons. The molecule has 4 heteroatoms. The van der Waals surface area contributed by atoms with Gasteiger partial charge in [0.1, 0.15) is 6.79 Å². The maximum atomic E-state index is 10.2. The van der Waals surface area contributed by atoms with Gasteiger partial charge in [-0.2, -0.15) is 0 Å². The summed E-state index contributed by atoms with van der Waals surface area (Å²) in [7, 11) is 1.63. The Morgan fingerprint density at radius 3 is 2.79 bits per heavy atom. The van der Waals surface area contributed by atoms with E-state index in [4.69, 9.17) is 9.47 Å². The second kappa shape index (κ2) is 7.01. The van der Waals surface area contributed by atoms with E-state index in [1.807, 2.05) is 31.2 Å². The maximum Gasteiger partial charge on any atom is 0.146 e. The Morgan fingerprint density at radius 2 is 2.11 bits per heavy atom. The lowest BCUT2D eigenvalue weighted by molar-refractivity contribution is -0.0676. The molecule has 4 nitrogen and oxygen atoms in total. The zero-order chi connectivity index (χ0) is 13.7. The number of nitrogens with zero attached hydrogens (tertiary/aromatic N) is 1. The molecule has 1 fully saturated rings. The molecule has 1 aliphatic heterocycles. The summed E-state index contributed by atoms with van der Waals surface area (Å²) in [6.07, 6.45) is 0.802. The van der Waals surface area contributed by atoms with Crippen molar-refractivity contribution >= 4 is 0 Å². The lowest BCUT2D eigenvalue weighted by Crippen LogP contribution is -2.28. The highest BCUT2D eigenvalue weighted by molar-refractivity contribution is 5.23. The number of aliphatic hydroxyl groups is 1. The minimum Gasteiger partial charge on any atom is -0.387 e. The highest BCUT2D eigenvalue weighted by atomic mass is 16.7. The molecule has 0 aliphatic carbocycles. The predicted octanol–water partition coefficient (Wildman–Crippen LogP) is 1.72. The molecule has 0 bridgehead atoms. The van der Waals surface area contributed by atoms with Crippen LogP contribution in [0.5, 0.6) is 0 Å². The standard InChI is InChI=1S/C15H23NO3/c1-12-3-5-13(6-4-12)15(17)10-16-8-7-14(9-16)19-11-18-2/h3-6,14-15,17H,7-11H2,1-2H3. The number of aryl methyl sites for hydroxylation is 1. The van der Waals surface area contributed by atoms with Gasteiger partial charge in [0.2, 0.25) is 0 Å². The first-order chi connectivity index (χ1) is 9.19. The van der Waals surface area contributed by atoms with E-state index in [1.165, 1.54) is 5.56 Å². The number of likely N-dealkylation sites (tertiary alicyclic amines) is 1. The predicted molar refractivity (Wildman–Crippen MR) is 73.9 cm³/mol. The monoisotopic (exact) mass is 265 g/mol. The molecule has 0 aromatic heterocycles. The molecule has 2 unspecified atom stereocenters. The average Bonchev–Trinajstić information content (AvgIpc) is 2.84. The number of β-amino-alcohol motifs (C(OH)–C–C–N with tert-alkyl or cyclic N) is 1. The largest absolute Gasteiger partial charge is 0.387 e. The van der Waals surface area contributed by atoms with Crippen LogP contribution in [0.4, 0.5) is 0 Å². The topological polar surface area (TPSA) is 41.9 Å². The number of methoxy groups -OCH3 is 1. The van der Waals surface area contributed by atoms with Gasteiger partial charge in [-0.05, 0) is 18.9 Å². The number of hydrogen-bond acceptors (Lipinski definition) is 4. The van der Waals surface area contributed by atoms with E-state index in [-0.39, 0.29) is 6.10 Å². The summed E-state index contributed by atoms with van der Waals surface area (Å²) in [6.45, 7) is 4.90. The molecule has 1 aromatic rings. The van der Waals surface area contributed by atoms with Crippen LogP contribution >= 0.6 is 0 Å². The third-order valence-corrected chi connectivity index (χ3v) is 3.54. The molecule has 2 rings (SSSR count). The lowest BCUT2D eigenvalue weighted by Gasteiger charge is -2.20. The highest BCUT2D eigenvalue weighted by Gasteiger charge is 2.24. The van der Waals surface area contributed by atoms with Crippen molar-refractivity contribution in [2.24, 2.45) is 0 Å². The fourth-order valence-electron chi connectivity index (χ4n) is 2.40. The quantitative estimate of drug-likeness (QED) is 0.795. The van der Waals surface area contributed by atoms with Gasteiger partial charge in [-0.1, -0.05) is 29.8 Å². The molecule has 0 spiro atoms. The Labute approximate surface area is 114 Å². The summed E-state index contributed by atoms with van der Waals surface area (Å²) in [5.41, 5.74) is 2.19. The summed E-state index contributed by atoms with van der Waals surface area (Å²) in [6, 6.07) is 8.06. The van der Waals surface area contributed by atoms with E-state index in [2.05, 4.69) is 4.90 Å². The van der Waals surface area contributed by atoms with E-state index in [9.17, 15) is 5.11 Å². The maximum absolute atomic E-state index is 10.2. The van der Waals surface area contributed by atoms with Gasteiger partial charge in [0.25, 0.3) is 0 Å². The smallest absolute Gasteiger partial charge is 0.146 e. The zero-order valence-electron chi connectivity index (χ0n) is 11.7. The van der Waals surface area contributed by atoms with Gasteiger partial charge in [-0.3, -0.25) is 4.90 Å². The number of benzene rings is 1. The molecule has 19 heavy (non-hydrogen) atoms. The third kappa shape index (κ3) is 4.28. The Balaban J connectivity index is 1.80. The minimum atomic E-state index is -0.429. The van der Waals surface area contributed by atoms with Gasteiger partial charge in [0.15, 0.2) is 0 Å². The number of hydrogen-bond donors (Lipinski definition) is 1. The van der Waals surface area contributed by atoms with Gasteiger partial charge in [-0.25, -0.2) is 0 Å². The van der Waals surface area contributed by atoms with Crippen LogP contribution in [0.3, 0.4) is 0 Å². The molecule has 0 amide bonds. The van der Waals surface area contributed by atoms with Gasteiger partial charge in [0.05, 0.1) is 12.2 Å². The molecular formula is C15H23NO3. The Morgan fingerprint density at radius 1 is 1.37 bits per heavy atom. The molecule has 106 valence electrons. The van der Waals surface area contributed by atoms with Crippen LogP contribution in [0.25, 0.3) is 0 Å². The molecule has 0 saturated carbocycles. The van der Waals surface area contributed by atoms with E-state index in [1.54, 1.807) is 7.11 Å². The summed E-state index contributed by atoms with van der Waals surface area (Å²) in [4.78, 5) is 2.24. The van der Waals surface area contributed by atoms with Gasteiger partial charge < -0.3 is 14.6 Å². The van der Waals surface area contributed by atoms with E-state index in [0.717, 1.165) is 25.1 Å². The first-order valence-electron chi connectivity index (χ1n) is 6.76. The van der Waals surface area contributed by atoms with Crippen molar-refractivity contribution in [3.63, 3.8) is 0 Å². The van der Waals surface area contributed by atoms with Crippen molar-refractivity contribution in [2.45, 2.75) is 25.6 Å². The van der Waals surface area contributed by atoms with Crippen molar-refractivity contribution < 1.29 is 14.6 Å². The highest BCUT2D eigenvalue weighted by Crippen LogP contribution is 2.19. The van der Waals surface area contributed by atoms with Crippen molar-refractivity contribution in [2.75, 3.05) is 33.5 Å². The fourth-order valence-corrected chi connectivity index (χ4v) is 2.40. The number of rotatable bonds is 6. The van der Waals surface area contributed by atoms with Crippen LogP contribution in [-0.4, -0.2) is 49.6 Å². The van der Waals surface area contributed by atoms with Crippen molar-refractivity contribution in [3.8, 4) is 0 Å². The first-order valence-corrected chi connectivity index (χ1v) is 6.76. The second-order valence-corrected chi connectivity index (χ2v) is 5.17. The van der Waals surface area contributed by atoms with E-state index in [0.29, 0.717) is 13.3 Å². The Kier molecular flexibility index (Phi) is 5.34. The van der Waals surface area contributed by atoms with Crippen LogP contribution in [0.2, 0.25) is 0 Å². The molecular weight excluding hydrogens is 242 g/mol. The summed E-state index contributed by atoms with van der Waals surface area (Å²) in [5.74, 6) is 0. The fraction of sp³-hybridized carbons (Fsp3) is 0.600. The average molecular weight is 265 g/mol. The summed E-state index contributed by atoms with van der Waals surface area (Å²) in [5, 5.41) is 10.2. The SMILES string of the molecule is COCOC1CCN(CC(O)c2ccc(C)cc2)C1. The Bertz CT molecular complexity index is 379. The van der Waals surface area contributed by atoms with E-state index >= 15 is 0 Å². The van der Waals surface area contributed by atoms with Crippen molar-refractivity contribution in [1.82, 2.24) is 4.90 Å². The third-order valence-electron chi connectivity index (χ3n) is 3.54.